The van der Waals surface area contributed by atoms with Gasteiger partial charge in [0.1, 0.15) is 0 Å². The fraction of sp³-hybridized carbons (Fsp3) is 0.235. The summed E-state index contributed by atoms with van der Waals surface area (Å²) in [4.78, 5) is 14.3. The van der Waals surface area contributed by atoms with Crippen molar-refractivity contribution in [3.05, 3.63) is 70.2 Å². The van der Waals surface area contributed by atoms with E-state index in [9.17, 15) is 4.79 Å². The highest BCUT2D eigenvalue weighted by Crippen LogP contribution is 2.44. The number of hydrogen-bond acceptors (Lipinski definition) is 2. The van der Waals surface area contributed by atoms with Gasteiger partial charge in [-0.2, -0.15) is 0 Å². The minimum atomic E-state index is -0.307. The molecule has 2 aliphatic heterocycles. The van der Waals surface area contributed by atoms with Crippen molar-refractivity contribution in [1.82, 2.24) is 4.90 Å². The van der Waals surface area contributed by atoms with Gasteiger partial charge in [0.2, 0.25) is 0 Å². The summed E-state index contributed by atoms with van der Waals surface area (Å²) in [5, 5.41) is 0.702. The van der Waals surface area contributed by atoms with Crippen LogP contribution in [0.15, 0.2) is 48.5 Å². The second-order valence-electron chi connectivity index (χ2n) is 5.52. The van der Waals surface area contributed by atoms with Gasteiger partial charge < -0.3 is 9.64 Å². The van der Waals surface area contributed by atoms with Crippen molar-refractivity contribution in [2.75, 3.05) is 6.54 Å². The minimum Gasteiger partial charge on any atom is -0.345 e. The second-order valence-corrected chi connectivity index (χ2v) is 7.13. The number of hydrogen-bond donors (Lipinski definition) is 0. The molecule has 0 spiro atoms. The van der Waals surface area contributed by atoms with E-state index in [2.05, 4.69) is 15.9 Å². The first kappa shape index (κ1) is 14.2. The number of ether oxygens (including phenoxy) is 1. The van der Waals surface area contributed by atoms with E-state index < -0.39 is 0 Å². The summed E-state index contributed by atoms with van der Waals surface area (Å²) in [5.41, 5.74) is 2.75. The number of rotatable bonds is 1. The molecule has 0 aliphatic carbocycles. The van der Waals surface area contributed by atoms with Crippen LogP contribution in [0.25, 0.3) is 0 Å². The van der Waals surface area contributed by atoms with Gasteiger partial charge in [-0.15, -0.1) is 0 Å². The van der Waals surface area contributed by atoms with E-state index in [0.717, 1.165) is 16.7 Å². The number of amides is 1. The number of nitrogens with zero attached hydrogens (tertiary/aromatic N) is 1. The minimum absolute atomic E-state index is 0.0413. The van der Waals surface area contributed by atoms with Crippen LogP contribution in [0.2, 0.25) is 5.02 Å². The lowest BCUT2D eigenvalue weighted by Crippen LogP contribution is -2.43. The highest BCUT2D eigenvalue weighted by atomic mass is 79.9. The molecule has 2 aliphatic rings. The number of carbonyl (C=O) groups excluding carboxylic acids is 1. The maximum absolute atomic E-state index is 12.5. The van der Waals surface area contributed by atoms with Gasteiger partial charge in [-0.3, -0.25) is 4.79 Å². The van der Waals surface area contributed by atoms with Gasteiger partial charge in [-0.25, -0.2) is 0 Å². The molecule has 0 bridgehead atoms. The number of carbonyl (C=O) groups is 1. The van der Waals surface area contributed by atoms with Crippen molar-refractivity contribution in [1.29, 1.82) is 0 Å². The van der Waals surface area contributed by atoms with Crippen LogP contribution in [0, 0.1) is 0 Å². The zero-order valence-corrected chi connectivity index (χ0v) is 13.9. The summed E-state index contributed by atoms with van der Waals surface area (Å²) in [6.07, 6.45) is -0.421. The summed E-state index contributed by atoms with van der Waals surface area (Å²) in [6.45, 7) is 0.617. The number of halogens is 2. The van der Waals surface area contributed by atoms with Gasteiger partial charge in [0.15, 0.2) is 6.23 Å². The van der Waals surface area contributed by atoms with Crippen LogP contribution in [0.5, 0.6) is 0 Å². The van der Waals surface area contributed by atoms with Crippen LogP contribution in [0.1, 0.15) is 33.8 Å². The van der Waals surface area contributed by atoms with E-state index in [0.29, 0.717) is 11.6 Å². The smallest absolute Gasteiger partial charge is 0.256 e. The first-order chi connectivity index (χ1) is 10.6. The largest absolute Gasteiger partial charge is 0.345 e. The molecule has 0 N–H and O–H groups in total. The van der Waals surface area contributed by atoms with Gasteiger partial charge in [-0.05, 0) is 23.8 Å². The lowest BCUT2D eigenvalue weighted by atomic mass is 10.0. The zero-order valence-electron chi connectivity index (χ0n) is 11.6. The number of benzene rings is 2. The Hall–Kier alpha value is -1.36. The molecule has 0 unspecified atom stereocenters. The van der Waals surface area contributed by atoms with Crippen molar-refractivity contribution in [3.63, 3.8) is 0 Å². The zero-order chi connectivity index (χ0) is 15.3. The third-order valence-electron chi connectivity index (χ3n) is 4.17. The summed E-state index contributed by atoms with van der Waals surface area (Å²) >= 11 is 9.62. The van der Waals surface area contributed by atoms with Crippen molar-refractivity contribution in [3.8, 4) is 0 Å². The van der Waals surface area contributed by atoms with Gasteiger partial charge in [0.05, 0.1) is 10.9 Å². The molecular formula is C17H13BrClNO2. The highest BCUT2D eigenvalue weighted by molar-refractivity contribution is 9.09. The molecule has 2 aromatic rings. The maximum atomic E-state index is 12.5. The topological polar surface area (TPSA) is 29.5 Å². The lowest BCUT2D eigenvalue weighted by Gasteiger charge is -2.39. The van der Waals surface area contributed by atoms with Crippen LogP contribution in [-0.4, -0.2) is 22.2 Å². The molecule has 1 amide bonds. The molecular weight excluding hydrogens is 366 g/mol. The molecule has 1 fully saturated rings. The Kier molecular flexibility index (Phi) is 3.48. The molecule has 0 radical (unpaired) electrons. The summed E-state index contributed by atoms with van der Waals surface area (Å²) in [5.74, 6) is 0.0413. The van der Waals surface area contributed by atoms with Gasteiger partial charge in [0.25, 0.3) is 5.91 Å². The van der Waals surface area contributed by atoms with Crippen molar-refractivity contribution >= 4 is 33.4 Å². The highest BCUT2D eigenvalue weighted by Gasteiger charge is 2.45. The average Bonchev–Trinajstić information content (AvgIpc) is 2.81. The number of alkyl halides is 1. The molecule has 0 aromatic heterocycles. The van der Waals surface area contributed by atoms with Crippen molar-refractivity contribution in [2.24, 2.45) is 0 Å². The molecule has 2 aromatic carbocycles. The lowest BCUT2D eigenvalue weighted by molar-refractivity contribution is -0.116. The Bertz CT molecular complexity index is 734. The molecule has 112 valence electrons. The Morgan fingerprint density at radius 2 is 1.86 bits per heavy atom. The van der Waals surface area contributed by atoms with Crippen LogP contribution >= 0.6 is 27.5 Å². The van der Waals surface area contributed by atoms with Crippen LogP contribution in [0.3, 0.4) is 0 Å². The molecule has 3 atom stereocenters. The predicted octanol–water partition coefficient (Wildman–Crippen LogP) is 4.33. The Labute approximate surface area is 142 Å². The predicted molar refractivity (Wildman–Crippen MR) is 88.2 cm³/mol. The van der Waals surface area contributed by atoms with E-state index in [1.54, 1.807) is 4.90 Å². The van der Waals surface area contributed by atoms with Gasteiger partial charge in [0, 0.05) is 22.7 Å². The normalized spacial score (nSPS) is 26.7. The van der Waals surface area contributed by atoms with Crippen molar-refractivity contribution in [2.45, 2.75) is 17.2 Å². The number of fused-ring (bicyclic) bond motifs is 3. The third-order valence-corrected chi connectivity index (χ3v) is 5.20. The molecule has 0 saturated carbocycles. The molecule has 4 rings (SSSR count). The average molecular weight is 379 g/mol. The summed E-state index contributed by atoms with van der Waals surface area (Å²) in [7, 11) is 0. The fourth-order valence-electron chi connectivity index (χ4n) is 3.11. The summed E-state index contributed by atoms with van der Waals surface area (Å²) in [6, 6.07) is 15.3. The Morgan fingerprint density at radius 3 is 2.64 bits per heavy atom. The monoisotopic (exact) mass is 377 g/mol. The maximum Gasteiger partial charge on any atom is 0.256 e. The Balaban J connectivity index is 1.70. The quantitative estimate of drug-likeness (QED) is 0.691. The van der Waals surface area contributed by atoms with Crippen molar-refractivity contribution < 1.29 is 9.53 Å². The molecule has 3 nitrogen and oxygen atoms in total. The second kappa shape index (κ2) is 5.37. The molecule has 22 heavy (non-hydrogen) atoms. The van der Waals surface area contributed by atoms with Crippen LogP contribution < -0.4 is 0 Å². The van der Waals surface area contributed by atoms with E-state index in [1.165, 1.54) is 0 Å². The van der Waals surface area contributed by atoms with E-state index in [4.69, 9.17) is 16.3 Å². The SMILES string of the molecule is O=C1c2ccccc2[C@H]2O[C@@H](c3ccc(Cl)cc3)[C@H](Br)CN12. The first-order valence-electron chi connectivity index (χ1n) is 7.10. The van der Waals surface area contributed by atoms with E-state index >= 15 is 0 Å². The molecule has 5 heteroatoms. The van der Waals surface area contributed by atoms with E-state index in [1.807, 2.05) is 48.5 Å². The summed E-state index contributed by atoms with van der Waals surface area (Å²) < 4.78 is 6.26. The Morgan fingerprint density at radius 1 is 1.14 bits per heavy atom. The molecule has 2 heterocycles. The third kappa shape index (κ3) is 2.18. The fourth-order valence-corrected chi connectivity index (χ4v) is 3.98. The first-order valence-corrected chi connectivity index (χ1v) is 8.39. The standard InChI is InChI=1S/C17H13BrClNO2/c18-14-9-20-16(21)12-3-1-2-4-13(12)17(20)22-15(14)10-5-7-11(19)8-6-10/h1-8,14-15,17H,9H2/t14-,15+,17-/m1/s1. The van der Waals surface area contributed by atoms with E-state index in [-0.39, 0.29) is 23.1 Å². The molecule has 1 saturated heterocycles. The van der Waals surface area contributed by atoms with Gasteiger partial charge in [-0.1, -0.05) is 57.9 Å². The van der Waals surface area contributed by atoms with Crippen LogP contribution in [-0.2, 0) is 4.74 Å². The van der Waals surface area contributed by atoms with Gasteiger partial charge >= 0.3 is 0 Å². The van der Waals surface area contributed by atoms with Crippen LogP contribution in [0.4, 0.5) is 0 Å².